The molecule has 0 fully saturated rings. The molecule has 3 nitrogen and oxygen atoms in total. The highest BCUT2D eigenvalue weighted by Crippen LogP contribution is 2.21. The van der Waals surface area contributed by atoms with Crippen LogP contribution >= 0.6 is 15.9 Å². The normalized spacial score (nSPS) is 10.6. The highest BCUT2D eigenvalue weighted by atomic mass is 79.9. The van der Waals surface area contributed by atoms with Crippen LogP contribution in [0.3, 0.4) is 0 Å². The van der Waals surface area contributed by atoms with Crippen LogP contribution in [0.25, 0.3) is 11.0 Å². The standard InChI is InChI=1S/C12H11BrO3/c1-2-5-15-9-4-3-8-6-10(13)12(14)16-11(8)7-9/h3-4,6-7H,2,5H2,1H3. The molecule has 0 unspecified atom stereocenters. The number of rotatable bonds is 3. The lowest BCUT2D eigenvalue weighted by molar-refractivity contribution is 0.317. The minimum Gasteiger partial charge on any atom is -0.493 e. The van der Waals surface area contributed by atoms with Gasteiger partial charge >= 0.3 is 5.63 Å². The molecular formula is C12H11BrO3. The molecule has 2 rings (SSSR count). The SMILES string of the molecule is CCCOc1ccc2cc(Br)c(=O)oc2c1. The Morgan fingerprint density at radius 3 is 2.94 bits per heavy atom. The summed E-state index contributed by atoms with van der Waals surface area (Å²) in [5.41, 5.74) is 0.168. The average Bonchev–Trinajstić information content (AvgIpc) is 2.28. The Kier molecular flexibility index (Phi) is 3.29. The Labute approximate surface area is 101 Å². The van der Waals surface area contributed by atoms with Crippen molar-refractivity contribution in [3.63, 3.8) is 0 Å². The van der Waals surface area contributed by atoms with Gasteiger partial charge in [0.05, 0.1) is 6.61 Å². The molecule has 1 aromatic carbocycles. The quantitative estimate of drug-likeness (QED) is 0.811. The van der Waals surface area contributed by atoms with E-state index in [2.05, 4.69) is 15.9 Å². The van der Waals surface area contributed by atoms with Gasteiger partial charge < -0.3 is 9.15 Å². The van der Waals surface area contributed by atoms with Gasteiger partial charge in [-0.15, -0.1) is 0 Å². The molecule has 0 N–H and O–H groups in total. The first-order chi connectivity index (χ1) is 7.70. The van der Waals surface area contributed by atoms with E-state index in [4.69, 9.17) is 9.15 Å². The van der Waals surface area contributed by atoms with E-state index in [9.17, 15) is 4.79 Å². The third-order valence-corrected chi connectivity index (χ3v) is 2.69. The summed E-state index contributed by atoms with van der Waals surface area (Å²) >= 11 is 3.14. The summed E-state index contributed by atoms with van der Waals surface area (Å²) in [6, 6.07) is 7.21. The molecule has 2 aromatic rings. The molecule has 16 heavy (non-hydrogen) atoms. The lowest BCUT2D eigenvalue weighted by Gasteiger charge is -2.04. The summed E-state index contributed by atoms with van der Waals surface area (Å²) in [6.45, 7) is 2.70. The smallest absolute Gasteiger partial charge is 0.350 e. The van der Waals surface area contributed by atoms with E-state index in [0.717, 1.165) is 17.6 Å². The van der Waals surface area contributed by atoms with Gasteiger partial charge in [-0.25, -0.2) is 4.79 Å². The zero-order valence-electron chi connectivity index (χ0n) is 8.83. The zero-order valence-corrected chi connectivity index (χ0v) is 10.4. The van der Waals surface area contributed by atoms with Crippen molar-refractivity contribution in [1.29, 1.82) is 0 Å². The van der Waals surface area contributed by atoms with Gasteiger partial charge in [-0.05, 0) is 40.5 Å². The van der Waals surface area contributed by atoms with E-state index in [-0.39, 0.29) is 5.63 Å². The van der Waals surface area contributed by atoms with Crippen molar-refractivity contribution >= 4 is 26.9 Å². The molecule has 84 valence electrons. The largest absolute Gasteiger partial charge is 0.493 e. The van der Waals surface area contributed by atoms with Gasteiger partial charge in [0.1, 0.15) is 15.8 Å². The monoisotopic (exact) mass is 282 g/mol. The van der Waals surface area contributed by atoms with Gasteiger partial charge in [-0.1, -0.05) is 6.92 Å². The summed E-state index contributed by atoms with van der Waals surface area (Å²) in [5, 5.41) is 0.871. The fourth-order valence-electron chi connectivity index (χ4n) is 1.38. The van der Waals surface area contributed by atoms with Gasteiger partial charge in [0.2, 0.25) is 0 Å². The summed E-state index contributed by atoms with van der Waals surface area (Å²) in [6.07, 6.45) is 0.947. The van der Waals surface area contributed by atoms with Crippen LogP contribution in [0, 0.1) is 0 Å². The molecule has 0 saturated carbocycles. The Morgan fingerprint density at radius 2 is 2.19 bits per heavy atom. The fourth-order valence-corrected chi connectivity index (χ4v) is 1.70. The van der Waals surface area contributed by atoms with Crippen LogP contribution in [-0.2, 0) is 0 Å². The van der Waals surface area contributed by atoms with Gasteiger partial charge in [-0.3, -0.25) is 0 Å². The molecule has 0 aliphatic heterocycles. The Hall–Kier alpha value is -1.29. The second-order valence-electron chi connectivity index (χ2n) is 3.43. The molecule has 0 aliphatic carbocycles. The van der Waals surface area contributed by atoms with Crippen molar-refractivity contribution in [2.75, 3.05) is 6.61 Å². The first-order valence-electron chi connectivity index (χ1n) is 5.07. The Balaban J connectivity index is 2.45. The van der Waals surface area contributed by atoms with Gasteiger partial charge in [0.25, 0.3) is 0 Å². The van der Waals surface area contributed by atoms with Gasteiger partial charge in [-0.2, -0.15) is 0 Å². The Bertz CT molecular complexity index is 560. The molecule has 0 aliphatic rings. The van der Waals surface area contributed by atoms with Gasteiger partial charge in [0.15, 0.2) is 0 Å². The van der Waals surface area contributed by atoms with Crippen LogP contribution < -0.4 is 10.4 Å². The van der Waals surface area contributed by atoms with Crippen LogP contribution in [0.1, 0.15) is 13.3 Å². The summed E-state index contributed by atoms with van der Waals surface area (Å²) in [5.74, 6) is 0.722. The maximum absolute atomic E-state index is 11.3. The third-order valence-electron chi connectivity index (χ3n) is 2.14. The van der Waals surface area contributed by atoms with Crippen molar-refractivity contribution in [1.82, 2.24) is 0 Å². The highest BCUT2D eigenvalue weighted by Gasteiger charge is 2.03. The minimum atomic E-state index is -0.375. The molecule has 0 radical (unpaired) electrons. The van der Waals surface area contributed by atoms with E-state index < -0.39 is 0 Å². The van der Waals surface area contributed by atoms with Crippen LogP contribution in [-0.4, -0.2) is 6.61 Å². The minimum absolute atomic E-state index is 0.375. The molecule has 0 amide bonds. The summed E-state index contributed by atoms with van der Waals surface area (Å²) in [4.78, 5) is 11.3. The van der Waals surface area contributed by atoms with E-state index in [1.54, 1.807) is 12.1 Å². The number of benzene rings is 1. The van der Waals surface area contributed by atoms with Crippen molar-refractivity contribution in [2.24, 2.45) is 0 Å². The first-order valence-corrected chi connectivity index (χ1v) is 5.86. The Morgan fingerprint density at radius 1 is 1.38 bits per heavy atom. The van der Waals surface area contributed by atoms with Crippen molar-refractivity contribution < 1.29 is 9.15 Å². The molecule has 1 aromatic heterocycles. The van der Waals surface area contributed by atoms with Crippen LogP contribution in [0.15, 0.2) is 37.9 Å². The van der Waals surface area contributed by atoms with Crippen LogP contribution in [0.5, 0.6) is 5.75 Å². The van der Waals surface area contributed by atoms with E-state index in [1.807, 2.05) is 19.1 Å². The van der Waals surface area contributed by atoms with Crippen molar-refractivity contribution in [3.05, 3.63) is 39.2 Å². The molecule has 0 saturated heterocycles. The molecule has 0 spiro atoms. The number of halogens is 1. The topological polar surface area (TPSA) is 39.4 Å². The second kappa shape index (κ2) is 4.70. The molecular weight excluding hydrogens is 272 g/mol. The first kappa shape index (κ1) is 11.2. The average molecular weight is 283 g/mol. The van der Waals surface area contributed by atoms with Crippen LogP contribution in [0.2, 0.25) is 0 Å². The lowest BCUT2D eigenvalue weighted by Crippen LogP contribution is -1.99. The maximum Gasteiger partial charge on any atom is 0.350 e. The molecule has 0 bridgehead atoms. The highest BCUT2D eigenvalue weighted by molar-refractivity contribution is 9.10. The van der Waals surface area contributed by atoms with Gasteiger partial charge in [0, 0.05) is 11.5 Å². The lowest BCUT2D eigenvalue weighted by atomic mass is 10.2. The number of ether oxygens (including phenoxy) is 1. The number of hydrogen-bond acceptors (Lipinski definition) is 3. The maximum atomic E-state index is 11.3. The molecule has 0 atom stereocenters. The molecule has 1 heterocycles. The predicted molar refractivity (Wildman–Crippen MR) is 66.0 cm³/mol. The van der Waals surface area contributed by atoms with Crippen molar-refractivity contribution in [2.45, 2.75) is 13.3 Å². The molecule has 4 heteroatoms. The van der Waals surface area contributed by atoms with E-state index in [1.165, 1.54) is 0 Å². The third kappa shape index (κ3) is 2.27. The van der Waals surface area contributed by atoms with E-state index in [0.29, 0.717) is 16.7 Å². The van der Waals surface area contributed by atoms with E-state index >= 15 is 0 Å². The summed E-state index contributed by atoms with van der Waals surface area (Å²) in [7, 11) is 0. The van der Waals surface area contributed by atoms with Crippen LogP contribution in [0.4, 0.5) is 0 Å². The summed E-state index contributed by atoms with van der Waals surface area (Å²) < 4.78 is 11.0. The zero-order chi connectivity index (χ0) is 11.5. The fraction of sp³-hybridized carbons (Fsp3) is 0.250. The second-order valence-corrected chi connectivity index (χ2v) is 4.28. The van der Waals surface area contributed by atoms with Crippen molar-refractivity contribution in [3.8, 4) is 5.75 Å². The predicted octanol–water partition coefficient (Wildman–Crippen LogP) is 3.34. The number of fused-ring (bicyclic) bond motifs is 1. The number of hydrogen-bond donors (Lipinski definition) is 0.